The van der Waals surface area contributed by atoms with Gasteiger partial charge in [-0.25, -0.2) is 9.78 Å². The maximum absolute atomic E-state index is 13.8. The van der Waals surface area contributed by atoms with Gasteiger partial charge in [-0.3, -0.25) is 13.8 Å². The van der Waals surface area contributed by atoms with E-state index in [-0.39, 0.29) is 31.4 Å². The summed E-state index contributed by atoms with van der Waals surface area (Å²) < 4.78 is 28.4. The molecule has 149 valence electrons. The van der Waals surface area contributed by atoms with Crippen LogP contribution in [0.2, 0.25) is 0 Å². The quantitative estimate of drug-likeness (QED) is 0.371. The number of hydrogen-bond donors (Lipinski definition) is 1. The fourth-order valence-corrected chi connectivity index (χ4v) is 2.39. The van der Waals surface area contributed by atoms with E-state index in [1.807, 2.05) is 30.3 Å². The van der Waals surface area contributed by atoms with Crippen LogP contribution in [0.3, 0.4) is 0 Å². The average Bonchev–Trinajstić information content (AvgIpc) is 3.19. The predicted molar refractivity (Wildman–Crippen MR) is 98.9 cm³/mol. The monoisotopic (exact) mass is 571 g/mol. The van der Waals surface area contributed by atoms with E-state index in [1.165, 1.54) is 12.3 Å². The van der Waals surface area contributed by atoms with Crippen LogP contribution in [0.15, 0.2) is 79.3 Å². The number of rotatable bonds is 3. The molecule has 1 N–H and O–H groups in total. The van der Waals surface area contributed by atoms with Crippen molar-refractivity contribution in [3.05, 3.63) is 103 Å². The first-order valence-corrected chi connectivity index (χ1v) is 8.16. The van der Waals surface area contributed by atoms with Gasteiger partial charge in [-0.1, -0.05) is 35.9 Å². The van der Waals surface area contributed by atoms with Gasteiger partial charge in [0.1, 0.15) is 5.69 Å². The Morgan fingerprint density at radius 1 is 1.00 bits per heavy atom. The van der Waals surface area contributed by atoms with Gasteiger partial charge in [-0.15, -0.1) is 12.1 Å². The Bertz CT molecular complexity index is 1070. The van der Waals surface area contributed by atoms with Crippen LogP contribution in [0.1, 0.15) is 10.5 Å². The van der Waals surface area contributed by atoms with E-state index in [9.17, 15) is 13.6 Å². The number of carbonyl (C=O) groups is 1. The zero-order valence-corrected chi connectivity index (χ0v) is 17.2. The van der Waals surface area contributed by atoms with Crippen LogP contribution in [0.4, 0.5) is 8.78 Å². The smallest absolute Gasteiger partial charge is 0.354 e. The fourth-order valence-electron chi connectivity index (χ4n) is 2.39. The number of imidazole rings is 1. The first-order valence-electron chi connectivity index (χ1n) is 8.16. The van der Waals surface area contributed by atoms with E-state index in [1.54, 1.807) is 29.1 Å². The van der Waals surface area contributed by atoms with Crippen molar-refractivity contribution in [2.45, 2.75) is 0 Å². The molecular weight excluding hydrogens is 556 g/mol. The largest absolute Gasteiger partial charge is 0.477 e. The number of aromatic carboxylic acids is 1. The van der Waals surface area contributed by atoms with Crippen LogP contribution in [-0.4, -0.2) is 25.6 Å². The number of carboxylic acid groups (broad SMARTS) is 1. The minimum absolute atomic E-state index is 0. The normalized spacial score (nSPS) is 9.72. The number of nitrogens with zero attached hydrogens (tertiary/aromatic N) is 3. The van der Waals surface area contributed by atoms with Gasteiger partial charge < -0.3 is 9.67 Å². The number of para-hydroxylation sites is 1. The van der Waals surface area contributed by atoms with Gasteiger partial charge in [0.05, 0.1) is 5.82 Å². The van der Waals surface area contributed by atoms with Crippen molar-refractivity contribution in [1.82, 2.24) is 14.5 Å². The molecule has 0 amide bonds. The van der Waals surface area contributed by atoms with E-state index in [0.717, 1.165) is 17.8 Å². The van der Waals surface area contributed by atoms with Crippen molar-refractivity contribution in [2.75, 3.05) is 0 Å². The third kappa shape index (κ3) is 5.63. The van der Waals surface area contributed by atoms with Gasteiger partial charge in [0.2, 0.25) is 0 Å². The molecule has 0 aliphatic carbocycles. The van der Waals surface area contributed by atoms with Gasteiger partial charge in [-0.2, -0.15) is 0 Å². The van der Waals surface area contributed by atoms with Crippen LogP contribution in [0.5, 0.6) is 0 Å². The minimum atomic E-state index is -0.990. The summed E-state index contributed by atoms with van der Waals surface area (Å²) in [5.41, 5.74) is 1.08. The van der Waals surface area contributed by atoms with Gasteiger partial charge in [0.15, 0.2) is 0 Å². The fraction of sp³-hybridized carbons (Fsp3) is 0. The number of halogens is 2. The molecule has 0 fully saturated rings. The molecule has 29 heavy (non-hydrogen) atoms. The molecule has 1 radical (unpaired) electrons. The number of aromatic nitrogens is 3. The Morgan fingerprint density at radius 3 is 2.31 bits per heavy atom. The minimum Gasteiger partial charge on any atom is -0.477 e. The SMILES string of the molecule is Fc1c[c-]c(-c2nccn2-c2ccccc2)c(F)c1.O=C(O)c1ccccn1.[Ir]. The first-order chi connectivity index (χ1) is 13.6. The Morgan fingerprint density at radius 2 is 1.72 bits per heavy atom. The van der Waals surface area contributed by atoms with Crippen LogP contribution in [0.25, 0.3) is 17.1 Å². The van der Waals surface area contributed by atoms with Gasteiger partial charge >= 0.3 is 5.97 Å². The molecular formula is C21H14F2IrN3O2-. The standard InChI is InChI=1S/C15H9F2N2.C6H5NO2.Ir/c16-11-6-7-13(14(17)10-11)15-18-8-9-19(15)12-4-2-1-3-5-12;8-6(9)5-3-1-2-4-7-5;/h1-6,8-10H;1-4H,(H,8,9);/q-1;;. The summed E-state index contributed by atoms with van der Waals surface area (Å²) in [5, 5.41) is 8.32. The third-order valence-electron chi connectivity index (χ3n) is 3.64. The summed E-state index contributed by atoms with van der Waals surface area (Å²) >= 11 is 0. The average molecular weight is 571 g/mol. The molecule has 0 saturated heterocycles. The topological polar surface area (TPSA) is 68.0 Å². The van der Waals surface area contributed by atoms with Crippen LogP contribution in [-0.2, 0) is 20.1 Å². The predicted octanol–water partition coefficient (Wildman–Crippen LogP) is 4.39. The van der Waals surface area contributed by atoms with Gasteiger partial charge in [0, 0.05) is 56.0 Å². The summed E-state index contributed by atoms with van der Waals surface area (Å²) in [6, 6.07) is 18.7. The van der Waals surface area contributed by atoms with E-state index < -0.39 is 17.6 Å². The molecule has 0 aliphatic heterocycles. The molecule has 5 nitrogen and oxygen atoms in total. The second-order valence-electron chi connectivity index (χ2n) is 5.52. The van der Waals surface area contributed by atoms with Crippen molar-refractivity contribution in [3.8, 4) is 17.1 Å². The van der Waals surface area contributed by atoms with Crippen molar-refractivity contribution >= 4 is 5.97 Å². The zero-order valence-electron chi connectivity index (χ0n) is 14.8. The van der Waals surface area contributed by atoms with Crippen molar-refractivity contribution in [2.24, 2.45) is 0 Å². The third-order valence-corrected chi connectivity index (χ3v) is 3.64. The molecule has 0 spiro atoms. The molecule has 4 aromatic rings. The van der Waals surface area contributed by atoms with E-state index in [2.05, 4.69) is 16.0 Å². The van der Waals surface area contributed by atoms with Crippen LogP contribution >= 0.6 is 0 Å². The second-order valence-corrected chi connectivity index (χ2v) is 5.52. The van der Waals surface area contributed by atoms with Crippen LogP contribution < -0.4 is 0 Å². The molecule has 4 rings (SSSR count). The summed E-state index contributed by atoms with van der Waals surface area (Å²) in [4.78, 5) is 17.8. The summed E-state index contributed by atoms with van der Waals surface area (Å²) in [6.07, 6.45) is 4.74. The molecule has 8 heteroatoms. The molecule has 0 bridgehead atoms. The zero-order chi connectivity index (χ0) is 19.9. The van der Waals surface area contributed by atoms with E-state index in [4.69, 9.17) is 5.11 Å². The number of pyridine rings is 1. The molecule has 0 saturated carbocycles. The van der Waals surface area contributed by atoms with Crippen molar-refractivity contribution in [1.29, 1.82) is 0 Å². The molecule has 2 heterocycles. The Labute approximate surface area is 179 Å². The molecule has 2 aromatic heterocycles. The molecule has 0 atom stereocenters. The summed E-state index contributed by atoms with van der Waals surface area (Å²) in [7, 11) is 0. The van der Waals surface area contributed by atoms with E-state index in [0.29, 0.717) is 5.82 Å². The molecule has 0 aliphatic rings. The van der Waals surface area contributed by atoms with E-state index >= 15 is 0 Å². The maximum Gasteiger partial charge on any atom is 0.354 e. The van der Waals surface area contributed by atoms with Crippen molar-refractivity contribution in [3.63, 3.8) is 0 Å². The summed E-state index contributed by atoms with van der Waals surface area (Å²) in [6.45, 7) is 0. The Hall–Kier alpha value is -3.22. The maximum atomic E-state index is 13.8. The van der Waals surface area contributed by atoms with Crippen molar-refractivity contribution < 1.29 is 38.8 Å². The Balaban J connectivity index is 0.000000255. The summed E-state index contributed by atoms with van der Waals surface area (Å²) in [5.74, 6) is -1.93. The Kier molecular flexibility index (Phi) is 7.88. The number of benzene rings is 2. The van der Waals surface area contributed by atoms with Crippen LogP contribution in [0, 0.1) is 17.7 Å². The molecule has 0 unspecified atom stereocenters. The van der Waals surface area contributed by atoms with Gasteiger partial charge in [0.25, 0.3) is 0 Å². The van der Waals surface area contributed by atoms with Gasteiger partial charge in [-0.05, 0) is 24.3 Å². The number of hydrogen-bond acceptors (Lipinski definition) is 3. The number of carboxylic acids is 1. The molecule has 2 aromatic carbocycles. The first kappa shape index (κ1) is 22.1. The second kappa shape index (κ2) is 10.4.